The molecule has 2 aromatic carbocycles. The van der Waals surface area contributed by atoms with Crippen LogP contribution in [0.4, 0.5) is 0 Å². The van der Waals surface area contributed by atoms with Crippen LogP contribution in [0, 0.1) is 0 Å². The molecular weight excluding hydrogens is 560 g/mol. The number of carbonyl (C=O) groups is 4. The van der Waals surface area contributed by atoms with Gasteiger partial charge in [0.25, 0.3) is 0 Å². The highest BCUT2D eigenvalue weighted by atomic mass is 16.5. The predicted octanol–water partition coefficient (Wildman–Crippen LogP) is 7.33. The van der Waals surface area contributed by atoms with Crippen LogP contribution in [-0.2, 0) is 34.1 Å². The fourth-order valence-electron chi connectivity index (χ4n) is 5.51. The molecule has 0 unspecified atom stereocenters. The lowest BCUT2D eigenvalue weighted by Gasteiger charge is -2.38. The second-order valence-corrected chi connectivity index (χ2v) is 11.0. The van der Waals surface area contributed by atoms with Gasteiger partial charge in [-0.05, 0) is 86.8 Å². The average Bonchev–Trinajstić information content (AvgIpc) is 3.05. The van der Waals surface area contributed by atoms with Gasteiger partial charge < -0.3 is 18.9 Å². The molecule has 0 aliphatic heterocycles. The Labute approximate surface area is 260 Å². The van der Waals surface area contributed by atoms with Crippen molar-refractivity contribution in [3.63, 3.8) is 0 Å². The molecule has 0 saturated heterocycles. The van der Waals surface area contributed by atoms with Gasteiger partial charge in [-0.3, -0.25) is 9.59 Å². The summed E-state index contributed by atoms with van der Waals surface area (Å²) in [7, 11) is 0. The third-order valence-electron chi connectivity index (χ3n) is 7.86. The summed E-state index contributed by atoms with van der Waals surface area (Å²) in [5.74, 6) is -0.409. The minimum absolute atomic E-state index is 0.159. The molecule has 1 saturated carbocycles. The molecule has 44 heavy (non-hydrogen) atoms. The molecule has 1 fully saturated rings. The van der Waals surface area contributed by atoms with E-state index < -0.39 is 11.9 Å². The van der Waals surface area contributed by atoms with Crippen LogP contribution in [0.15, 0.2) is 73.8 Å². The van der Waals surface area contributed by atoms with Crippen molar-refractivity contribution >= 4 is 23.9 Å². The fourth-order valence-corrected chi connectivity index (χ4v) is 5.51. The van der Waals surface area contributed by atoms with Gasteiger partial charge in [0, 0.05) is 30.4 Å². The van der Waals surface area contributed by atoms with E-state index in [1.807, 2.05) is 48.5 Å². The van der Waals surface area contributed by atoms with Crippen molar-refractivity contribution < 1.29 is 38.1 Å². The van der Waals surface area contributed by atoms with Crippen molar-refractivity contribution in [3.05, 3.63) is 85.0 Å². The highest BCUT2D eigenvalue weighted by Crippen LogP contribution is 2.45. The van der Waals surface area contributed by atoms with Crippen LogP contribution in [-0.4, -0.2) is 37.1 Å². The van der Waals surface area contributed by atoms with Crippen molar-refractivity contribution in [2.24, 2.45) is 0 Å². The molecule has 0 aromatic heterocycles. The highest BCUT2D eigenvalue weighted by Gasteiger charge is 2.35. The molecule has 3 rings (SSSR count). The Morgan fingerprint density at radius 3 is 1.39 bits per heavy atom. The Morgan fingerprint density at radius 2 is 1.00 bits per heavy atom. The van der Waals surface area contributed by atoms with Crippen LogP contribution in [0.1, 0.15) is 94.6 Å². The minimum Gasteiger partial charge on any atom is -0.463 e. The Hall–Kier alpha value is -4.20. The molecule has 8 nitrogen and oxygen atoms in total. The van der Waals surface area contributed by atoms with Crippen LogP contribution >= 0.6 is 0 Å². The Bertz CT molecular complexity index is 1150. The summed E-state index contributed by atoms with van der Waals surface area (Å²) in [5, 5.41) is 0. The third kappa shape index (κ3) is 11.1. The molecule has 236 valence electrons. The van der Waals surface area contributed by atoms with Gasteiger partial charge in [0.05, 0.1) is 13.2 Å². The second-order valence-electron chi connectivity index (χ2n) is 11.0. The SMILES string of the molecule is C=CC(=O)OCCCCCC(=O)Oc1ccc(C2(c3ccc(OC(=O)CCCCCOC(=O)C=C)cc3)CCCCC2)cc1. The lowest BCUT2D eigenvalue weighted by molar-refractivity contribution is -0.138. The quantitative estimate of drug-likeness (QED) is 0.0754. The van der Waals surface area contributed by atoms with Gasteiger partial charge in [-0.2, -0.15) is 0 Å². The summed E-state index contributed by atoms with van der Waals surface area (Å²) in [5.41, 5.74) is 2.19. The molecule has 0 amide bonds. The molecule has 1 aliphatic rings. The maximum Gasteiger partial charge on any atom is 0.330 e. The van der Waals surface area contributed by atoms with Crippen LogP contribution in [0.3, 0.4) is 0 Å². The Balaban J connectivity index is 1.50. The molecule has 0 radical (unpaired) electrons. The van der Waals surface area contributed by atoms with E-state index in [9.17, 15) is 19.2 Å². The monoisotopic (exact) mass is 604 g/mol. The smallest absolute Gasteiger partial charge is 0.330 e. The standard InChI is InChI=1S/C36H44O8/c1-3-32(37)41-26-12-5-8-14-34(39)43-30-20-16-28(17-21-30)36(24-10-7-11-25-36)29-18-22-31(23-19-29)44-35(40)15-9-6-13-27-42-33(38)4-2/h3-4,16-23H,1-2,5-15,24-27H2. The van der Waals surface area contributed by atoms with Crippen LogP contribution in [0.5, 0.6) is 11.5 Å². The molecule has 0 bridgehead atoms. The van der Waals surface area contributed by atoms with Gasteiger partial charge in [0.1, 0.15) is 11.5 Å². The summed E-state index contributed by atoms with van der Waals surface area (Å²) in [4.78, 5) is 46.8. The van der Waals surface area contributed by atoms with Gasteiger partial charge in [-0.1, -0.05) is 56.7 Å². The number of benzene rings is 2. The number of hydrogen-bond donors (Lipinski definition) is 0. The maximum absolute atomic E-state index is 12.3. The maximum atomic E-state index is 12.3. The first-order chi connectivity index (χ1) is 21.4. The summed E-state index contributed by atoms with van der Waals surface area (Å²) < 4.78 is 21.0. The Morgan fingerprint density at radius 1 is 0.591 bits per heavy atom. The number of rotatable bonds is 18. The van der Waals surface area contributed by atoms with Gasteiger partial charge in [0.15, 0.2) is 0 Å². The van der Waals surface area contributed by atoms with Crippen molar-refractivity contribution in [3.8, 4) is 11.5 Å². The zero-order valence-corrected chi connectivity index (χ0v) is 25.6. The first-order valence-electron chi connectivity index (χ1n) is 15.6. The zero-order chi connectivity index (χ0) is 31.6. The van der Waals surface area contributed by atoms with Crippen molar-refractivity contribution in [2.45, 2.75) is 88.9 Å². The van der Waals surface area contributed by atoms with E-state index in [-0.39, 0.29) is 17.4 Å². The summed E-state index contributed by atoms with van der Waals surface area (Å²) in [6.07, 6.45) is 12.5. The third-order valence-corrected chi connectivity index (χ3v) is 7.86. The first-order valence-corrected chi connectivity index (χ1v) is 15.6. The number of ether oxygens (including phenoxy) is 4. The normalized spacial score (nSPS) is 13.7. The Kier molecular flexibility index (Phi) is 14.4. The van der Waals surface area contributed by atoms with E-state index in [0.717, 1.165) is 50.7 Å². The van der Waals surface area contributed by atoms with Gasteiger partial charge in [-0.25, -0.2) is 9.59 Å². The lowest BCUT2D eigenvalue weighted by Crippen LogP contribution is -2.30. The number of esters is 4. The number of unbranched alkanes of at least 4 members (excludes halogenated alkanes) is 4. The number of carbonyl (C=O) groups excluding carboxylic acids is 4. The van der Waals surface area contributed by atoms with E-state index in [2.05, 4.69) is 13.2 Å². The highest BCUT2D eigenvalue weighted by molar-refractivity contribution is 5.81. The second kappa shape index (κ2) is 18.5. The number of hydrogen-bond acceptors (Lipinski definition) is 8. The van der Waals surface area contributed by atoms with Gasteiger partial charge in [0.2, 0.25) is 0 Å². The van der Waals surface area contributed by atoms with Crippen molar-refractivity contribution in [2.75, 3.05) is 13.2 Å². The van der Waals surface area contributed by atoms with E-state index >= 15 is 0 Å². The summed E-state index contributed by atoms with van der Waals surface area (Å²) in [6.45, 7) is 7.35. The molecule has 8 heteroatoms. The molecule has 2 aromatic rings. The topological polar surface area (TPSA) is 105 Å². The van der Waals surface area contributed by atoms with Gasteiger partial charge in [-0.15, -0.1) is 0 Å². The molecule has 0 N–H and O–H groups in total. The average molecular weight is 605 g/mol. The first kappa shape index (κ1) is 34.3. The van der Waals surface area contributed by atoms with E-state index in [1.54, 1.807) is 0 Å². The van der Waals surface area contributed by atoms with Crippen molar-refractivity contribution in [1.29, 1.82) is 0 Å². The summed E-state index contributed by atoms with van der Waals surface area (Å²) >= 11 is 0. The predicted molar refractivity (Wildman–Crippen MR) is 167 cm³/mol. The van der Waals surface area contributed by atoms with Crippen LogP contribution in [0.2, 0.25) is 0 Å². The largest absolute Gasteiger partial charge is 0.463 e. The minimum atomic E-state index is -0.438. The van der Waals surface area contributed by atoms with E-state index in [1.165, 1.54) is 17.5 Å². The zero-order valence-electron chi connectivity index (χ0n) is 25.6. The van der Waals surface area contributed by atoms with Crippen LogP contribution < -0.4 is 9.47 Å². The molecule has 0 heterocycles. The fraction of sp³-hybridized carbons (Fsp3) is 0.444. The molecular formula is C36H44O8. The van der Waals surface area contributed by atoms with Crippen LogP contribution in [0.25, 0.3) is 0 Å². The summed E-state index contributed by atoms with van der Waals surface area (Å²) in [6, 6.07) is 15.6. The molecule has 0 spiro atoms. The van der Waals surface area contributed by atoms with Gasteiger partial charge >= 0.3 is 23.9 Å². The van der Waals surface area contributed by atoms with E-state index in [0.29, 0.717) is 63.2 Å². The van der Waals surface area contributed by atoms with E-state index in [4.69, 9.17) is 18.9 Å². The van der Waals surface area contributed by atoms with Crippen molar-refractivity contribution in [1.82, 2.24) is 0 Å². The lowest BCUT2D eigenvalue weighted by atomic mass is 9.65. The molecule has 1 aliphatic carbocycles. The molecule has 0 atom stereocenters.